The van der Waals surface area contributed by atoms with Gasteiger partial charge in [0.15, 0.2) is 0 Å². The highest BCUT2D eigenvalue weighted by Crippen LogP contribution is 2.35. The molecule has 2 aliphatic rings. The topological polar surface area (TPSA) is 45.6 Å². The maximum Gasteiger partial charge on any atom is 0.243 e. The van der Waals surface area contributed by atoms with Gasteiger partial charge >= 0.3 is 0 Å². The van der Waals surface area contributed by atoms with Gasteiger partial charge in [-0.3, -0.25) is 9.59 Å². The van der Waals surface area contributed by atoms with E-state index in [1.165, 1.54) is 12.1 Å². The van der Waals surface area contributed by atoms with Crippen LogP contribution >= 0.6 is 0 Å². The average molecular weight is 401 g/mol. The minimum atomic E-state index is -0.681. The Morgan fingerprint density at radius 2 is 1.93 bits per heavy atom. The van der Waals surface area contributed by atoms with Crippen LogP contribution in [-0.2, 0) is 16.1 Å². The number of amides is 2. The van der Waals surface area contributed by atoms with E-state index in [-0.39, 0.29) is 35.9 Å². The van der Waals surface area contributed by atoms with E-state index in [9.17, 15) is 18.4 Å². The normalized spacial score (nSPS) is 18.7. The smallest absolute Gasteiger partial charge is 0.243 e. The molecule has 7 heteroatoms. The summed E-state index contributed by atoms with van der Waals surface area (Å²) in [5.41, 5.74) is 1.04. The summed E-state index contributed by atoms with van der Waals surface area (Å²) in [6.45, 7) is 4.63. The molecule has 0 saturated heterocycles. The first-order valence-electron chi connectivity index (χ1n) is 10.1. The van der Waals surface area contributed by atoms with Crippen LogP contribution in [0.2, 0.25) is 0 Å². The molecule has 4 rings (SSSR count). The molecule has 0 radical (unpaired) electrons. The molecular formula is C22H25F2N3O2. The highest BCUT2D eigenvalue weighted by molar-refractivity contribution is 5.86. The molecule has 0 N–H and O–H groups in total. The van der Waals surface area contributed by atoms with Crippen molar-refractivity contribution in [3.8, 4) is 0 Å². The summed E-state index contributed by atoms with van der Waals surface area (Å²) in [6.07, 6.45) is 3.71. The zero-order chi connectivity index (χ0) is 20.7. The van der Waals surface area contributed by atoms with E-state index in [4.69, 9.17) is 0 Å². The lowest BCUT2D eigenvalue weighted by Crippen LogP contribution is -2.49. The Morgan fingerprint density at radius 1 is 1.17 bits per heavy atom. The molecule has 1 aliphatic heterocycles. The summed E-state index contributed by atoms with van der Waals surface area (Å²) < 4.78 is 30.1. The molecule has 1 aromatic carbocycles. The summed E-state index contributed by atoms with van der Waals surface area (Å²) in [6, 6.07) is 6.63. The van der Waals surface area contributed by atoms with Crippen LogP contribution in [0.25, 0.3) is 0 Å². The molecule has 1 atom stereocenters. The van der Waals surface area contributed by atoms with Crippen LogP contribution in [0.4, 0.5) is 8.78 Å². The third-order valence-electron chi connectivity index (χ3n) is 5.69. The minimum absolute atomic E-state index is 0.0122. The fourth-order valence-electron chi connectivity index (χ4n) is 4.04. The maximum absolute atomic E-state index is 14.7. The van der Waals surface area contributed by atoms with E-state index in [0.717, 1.165) is 24.6 Å². The Kier molecular flexibility index (Phi) is 5.15. The van der Waals surface area contributed by atoms with Gasteiger partial charge in [-0.2, -0.15) is 0 Å². The molecular weight excluding hydrogens is 376 g/mol. The van der Waals surface area contributed by atoms with Crippen LogP contribution < -0.4 is 0 Å². The fraction of sp³-hybridized carbons (Fsp3) is 0.455. The molecule has 1 aromatic heterocycles. The number of nitrogens with zero attached hydrogens (tertiary/aromatic N) is 3. The number of carbonyl (C=O) groups is 2. The van der Waals surface area contributed by atoms with Crippen molar-refractivity contribution in [2.24, 2.45) is 5.92 Å². The maximum atomic E-state index is 14.7. The van der Waals surface area contributed by atoms with Crippen LogP contribution in [0.1, 0.15) is 44.0 Å². The van der Waals surface area contributed by atoms with Gasteiger partial charge in [0.25, 0.3) is 0 Å². The lowest BCUT2D eigenvalue weighted by atomic mass is 9.99. The molecule has 0 bridgehead atoms. The Balaban J connectivity index is 1.66. The predicted octanol–water partition coefficient (Wildman–Crippen LogP) is 3.34. The molecule has 1 unspecified atom stereocenters. The summed E-state index contributed by atoms with van der Waals surface area (Å²) in [4.78, 5) is 29.2. The first kappa shape index (κ1) is 19.6. The van der Waals surface area contributed by atoms with Gasteiger partial charge in [-0.15, -0.1) is 0 Å². The second-order valence-corrected chi connectivity index (χ2v) is 8.13. The monoisotopic (exact) mass is 401 g/mol. The zero-order valence-corrected chi connectivity index (χ0v) is 16.6. The van der Waals surface area contributed by atoms with Crippen molar-refractivity contribution in [1.82, 2.24) is 14.4 Å². The minimum Gasteiger partial charge on any atom is -0.348 e. The number of fused-ring (bicyclic) bond motifs is 1. The molecule has 1 saturated carbocycles. The Hall–Kier alpha value is -2.70. The fourth-order valence-corrected chi connectivity index (χ4v) is 4.04. The van der Waals surface area contributed by atoms with E-state index in [1.54, 1.807) is 9.80 Å². The van der Waals surface area contributed by atoms with Gasteiger partial charge in [0, 0.05) is 48.6 Å². The summed E-state index contributed by atoms with van der Waals surface area (Å²) in [7, 11) is 0. The van der Waals surface area contributed by atoms with Crippen molar-refractivity contribution >= 4 is 11.8 Å². The van der Waals surface area contributed by atoms with Crippen LogP contribution in [0, 0.1) is 17.6 Å². The number of halogens is 2. The lowest BCUT2D eigenvalue weighted by molar-refractivity contribution is -0.144. The van der Waals surface area contributed by atoms with Crippen LogP contribution in [-0.4, -0.2) is 45.3 Å². The highest BCUT2D eigenvalue weighted by atomic mass is 19.1. The van der Waals surface area contributed by atoms with Crippen LogP contribution in [0.15, 0.2) is 36.5 Å². The quantitative estimate of drug-likeness (QED) is 0.771. The number of carbonyl (C=O) groups excluding carboxylic acids is 2. The summed E-state index contributed by atoms with van der Waals surface area (Å²) in [5, 5.41) is 0. The van der Waals surface area contributed by atoms with Gasteiger partial charge in [0.1, 0.15) is 24.2 Å². The summed E-state index contributed by atoms with van der Waals surface area (Å²) in [5.74, 6) is -1.78. The molecule has 1 fully saturated rings. The predicted molar refractivity (Wildman–Crippen MR) is 104 cm³/mol. The first-order valence-corrected chi connectivity index (χ1v) is 10.1. The van der Waals surface area contributed by atoms with Crippen molar-refractivity contribution in [3.05, 3.63) is 59.4 Å². The summed E-state index contributed by atoms with van der Waals surface area (Å²) >= 11 is 0. The highest BCUT2D eigenvalue weighted by Gasteiger charge is 2.39. The SMILES string of the molecule is CC(C)C(=O)N(CC(=O)N1CCn2cccc2C1c1ccc(F)cc1F)C1CC1. The zero-order valence-electron chi connectivity index (χ0n) is 16.6. The molecule has 5 nitrogen and oxygen atoms in total. The molecule has 2 heterocycles. The Morgan fingerprint density at radius 3 is 2.59 bits per heavy atom. The number of aromatic nitrogens is 1. The van der Waals surface area contributed by atoms with E-state index in [0.29, 0.717) is 13.1 Å². The lowest BCUT2D eigenvalue weighted by Gasteiger charge is -2.38. The van der Waals surface area contributed by atoms with Gasteiger partial charge in [-0.25, -0.2) is 8.78 Å². The largest absolute Gasteiger partial charge is 0.348 e. The van der Waals surface area contributed by atoms with Crippen molar-refractivity contribution < 1.29 is 18.4 Å². The van der Waals surface area contributed by atoms with E-state index >= 15 is 0 Å². The van der Waals surface area contributed by atoms with Crippen LogP contribution in [0.3, 0.4) is 0 Å². The third kappa shape index (κ3) is 3.78. The molecule has 154 valence electrons. The number of hydrogen-bond acceptors (Lipinski definition) is 2. The molecule has 29 heavy (non-hydrogen) atoms. The Labute approximate surface area is 168 Å². The van der Waals surface area contributed by atoms with Crippen molar-refractivity contribution in [2.75, 3.05) is 13.1 Å². The second-order valence-electron chi connectivity index (χ2n) is 8.13. The molecule has 2 aromatic rings. The number of rotatable bonds is 5. The second kappa shape index (κ2) is 7.61. The molecule has 0 spiro atoms. The van der Waals surface area contributed by atoms with Crippen LogP contribution in [0.5, 0.6) is 0 Å². The van der Waals surface area contributed by atoms with Crippen molar-refractivity contribution in [3.63, 3.8) is 0 Å². The van der Waals surface area contributed by atoms with Crippen molar-refractivity contribution in [2.45, 2.75) is 45.3 Å². The van der Waals surface area contributed by atoms with Gasteiger partial charge < -0.3 is 14.4 Å². The van der Waals surface area contributed by atoms with Gasteiger partial charge in [0.2, 0.25) is 11.8 Å². The number of benzene rings is 1. The third-order valence-corrected chi connectivity index (χ3v) is 5.69. The average Bonchev–Trinajstić information content (AvgIpc) is 3.41. The molecule has 2 amide bonds. The van der Waals surface area contributed by atoms with Crippen molar-refractivity contribution in [1.29, 1.82) is 0 Å². The first-order chi connectivity index (χ1) is 13.9. The van der Waals surface area contributed by atoms with Gasteiger partial charge in [0.05, 0.1) is 0 Å². The molecule has 1 aliphatic carbocycles. The van der Waals surface area contributed by atoms with Gasteiger partial charge in [-0.1, -0.05) is 19.9 Å². The van der Waals surface area contributed by atoms with E-state index < -0.39 is 17.7 Å². The Bertz CT molecular complexity index is 936. The standard InChI is InChI=1S/C22H25F2N3O2/c1-14(2)22(29)27(16-6-7-16)13-20(28)26-11-10-25-9-3-4-19(25)21(26)17-8-5-15(23)12-18(17)24/h3-5,8-9,12,14,16,21H,6-7,10-11,13H2,1-2H3. The van der Waals surface area contributed by atoms with E-state index in [2.05, 4.69) is 0 Å². The van der Waals surface area contributed by atoms with E-state index in [1.807, 2.05) is 36.7 Å². The number of hydrogen-bond donors (Lipinski definition) is 0. The van der Waals surface area contributed by atoms with Gasteiger partial charge in [-0.05, 0) is 31.0 Å².